The molecule has 0 radical (unpaired) electrons. The molecule has 0 saturated carbocycles. The molecule has 2 aromatic rings. The third kappa shape index (κ3) is 1.86. The molecule has 0 bridgehead atoms. The van der Waals surface area contributed by atoms with E-state index in [1.165, 1.54) is 4.90 Å². The van der Waals surface area contributed by atoms with Crippen LogP contribution >= 0.6 is 0 Å². The largest absolute Gasteiger partial charge is 0.399 e. The summed E-state index contributed by atoms with van der Waals surface area (Å²) in [6, 6.07) is 12.4. The van der Waals surface area contributed by atoms with E-state index in [1.54, 1.807) is 30.3 Å². The first-order valence-electron chi connectivity index (χ1n) is 6.39. The lowest BCUT2D eigenvalue weighted by Crippen LogP contribution is -2.42. The van der Waals surface area contributed by atoms with Gasteiger partial charge >= 0.3 is 0 Å². The van der Waals surface area contributed by atoms with Crippen molar-refractivity contribution in [2.75, 3.05) is 10.6 Å². The van der Waals surface area contributed by atoms with Crippen LogP contribution in [0, 0.1) is 6.92 Å². The van der Waals surface area contributed by atoms with E-state index in [0.29, 0.717) is 16.9 Å². The van der Waals surface area contributed by atoms with Crippen molar-refractivity contribution >= 4 is 23.2 Å². The van der Waals surface area contributed by atoms with Gasteiger partial charge in [-0.1, -0.05) is 18.2 Å². The number of amides is 2. The number of hydrogen-bond donors (Lipinski definition) is 1. The Hall–Kier alpha value is -2.62. The SMILES string of the molecule is Cc1cc(N2C(=O)Cc3ccccc3C2=O)ccc1N. The molecule has 2 amide bonds. The summed E-state index contributed by atoms with van der Waals surface area (Å²) in [5.74, 6) is -0.487. The highest BCUT2D eigenvalue weighted by Crippen LogP contribution is 2.27. The number of nitrogens with zero attached hydrogens (tertiary/aromatic N) is 1. The molecule has 4 heteroatoms. The van der Waals surface area contributed by atoms with Crippen molar-refractivity contribution in [3.05, 3.63) is 59.2 Å². The third-order valence-corrected chi connectivity index (χ3v) is 3.55. The lowest BCUT2D eigenvalue weighted by atomic mass is 9.98. The second-order valence-electron chi connectivity index (χ2n) is 4.91. The maximum absolute atomic E-state index is 12.5. The highest BCUT2D eigenvalue weighted by atomic mass is 16.2. The van der Waals surface area contributed by atoms with Crippen LogP contribution in [0.5, 0.6) is 0 Å². The van der Waals surface area contributed by atoms with Gasteiger partial charge in [0.15, 0.2) is 0 Å². The molecule has 1 heterocycles. The predicted octanol–water partition coefficient (Wildman–Crippen LogP) is 2.31. The van der Waals surface area contributed by atoms with Gasteiger partial charge in [-0.2, -0.15) is 0 Å². The molecule has 0 aromatic heterocycles. The number of carbonyl (C=O) groups excluding carboxylic acids is 2. The Morgan fingerprint density at radius 1 is 1.10 bits per heavy atom. The fourth-order valence-electron chi connectivity index (χ4n) is 2.42. The van der Waals surface area contributed by atoms with Gasteiger partial charge in [0.05, 0.1) is 12.1 Å². The zero-order chi connectivity index (χ0) is 14.3. The number of anilines is 2. The molecule has 0 aliphatic carbocycles. The maximum Gasteiger partial charge on any atom is 0.265 e. The van der Waals surface area contributed by atoms with Crippen LogP contribution in [0.3, 0.4) is 0 Å². The number of imide groups is 1. The molecule has 0 atom stereocenters. The summed E-state index contributed by atoms with van der Waals surface area (Å²) in [6.07, 6.45) is 0.241. The summed E-state index contributed by atoms with van der Waals surface area (Å²) in [4.78, 5) is 26.0. The van der Waals surface area contributed by atoms with Gasteiger partial charge in [-0.3, -0.25) is 9.59 Å². The average molecular weight is 266 g/mol. The molecular weight excluding hydrogens is 252 g/mol. The molecule has 20 heavy (non-hydrogen) atoms. The number of aryl methyl sites for hydroxylation is 1. The van der Waals surface area contributed by atoms with Crippen molar-refractivity contribution in [1.29, 1.82) is 0 Å². The smallest absolute Gasteiger partial charge is 0.265 e. The standard InChI is InChI=1S/C16H14N2O2/c1-10-8-12(6-7-14(10)17)18-15(19)9-11-4-2-3-5-13(11)16(18)20/h2-8H,9,17H2,1H3. The molecule has 100 valence electrons. The monoisotopic (exact) mass is 266 g/mol. The van der Waals surface area contributed by atoms with Crippen LogP contribution < -0.4 is 10.6 Å². The summed E-state index contributed by atoms with van der Waals surface area (Å²) in [5, 5.41) is 0. The highest BCUT2D eigenvalue weighted by Gasteiger charge is 2.31. The van der Waals surface area contributed by atoms with E-state index < -0.39 is 0 Å². The average Bonchev–Trinajstić information content (AvgIpc) is 2.43. The fourth-order valence-corrected chi connectivity index (χ4v) is 2.42. The minimum Gasteiger partial charge on any atom is -0.399 e. The van der Waals surface area contributed by atoms with Crippen LogP contribution in [0.2, 0.25) is 0 Å². The van der Waals surface area contributed by atoms with Gasteiger partial charge in [0.1, 0.15) is 0 Å². The number of rotatable bonds is 1. The Bertz CT molecular complexity index is 722. The molecule has 0 fully saturated rings. The van der Waals surface area contributed by atoms with Gasteiger partial charge < -0.3 is 5.73 Å². The van der Waals surface area contributed by atoms with Crippen molar-refractivity contribution in [2.24, 2.45) is 0 Å². The second kappa shape index (κ2) is 4.49. The number of benzene rings is 2. The van der Waals surface area contributed by atoms with Gasteiger partial charge in [-0.15, -0.1) is 0 Å². The summed E-state index contributed by atoms with van der Waals surface area (Å²) >= 11 is 0. The minimum atomic E-state index is -0.277. The summed E-state index contributed by atoms with van der Waals surface area (Å²) in [6.45, 7) is 1.85. The van der Waals surface area contributed by atoms with Crippen molar-refractivity contribution in [3.63, 3.8) is 0 Å². The lowest BCUT2D eigenvalue weighted by molar-refractivity contribution is -0.117. The topological polar surface area (TPSA) is 63.4 Å². The van der Waals surface area contributed by atoms with E-state index in [1.807, 2.05) is 19.1 Å². The first-order valence-corrected chi connectivity index (χ1v) is 6.39. The fraction of sp³-hybridized carbons (Fsp3) is 0.125. The zero-order valence-electron chi connectivity index (χ0n) is 11.1. The van der Waals surface area contributed by atoms with Crippen LogP contribution in [0.1, 0.15) is 21.5 Å². The number of fused-ring (bicyclic) bond motifs is 1. The molecule has 3 rings (SSSR count). The minimum absolute atomic E-state index is 0.210. The molecule has 1 aliphatic heterocycles. The van der Waals surface area contributed by atoms with Crippen LogP contribution in [0.4, 0.5) is 11.4 Å². The maximum atomic E-state index is 12.5. The Balaban J connectivity index is 2.08. The van der Waals surface area contributed by atoms with E-state index in [0.717, 1.165) is 11.1 Å². The zero-order valence-corrected chi connectivity index (χ0v) is 11.1. The summed E-state index contributed by atoms with van der Waals surface area (Å²) < 4.78 is 0. The normalized spacial score (nSPS) is 14.3. The molecule has 1 aliphatic rings. The summed E-state index contributed by atoms with van der Waals surface area (Å²) in [5.41, 5.74) is 9.21. The van der Waals surface area contributed by atoms with Gasteiger partial charge in [-0.05, 0) is 42.3 Å². The van der Waals surface area contributed by atoms with Gasteiger partial charge in [0, 0.05) is 11.3 Å². The molecule has 4 nitrogen and oxygen atoms in total. The molecule has 0 saturated heterocycles. The lowest BCUT2D eigenvalue weighted by Gasteiger charge is -2.27. The Morgan fingerprint density at radius 3 is 2.60 bits per heavy atom. The van der Waals surface area contributed by atoms with E-state index in [9.17, 15) is 9.59 Å². The number of nitrogens with two attached hydrogens (primary N) is 1. The van der Waals surface area contributed by atoms with Crippen LogP contribution in [0.15, 0.2) is 42.5 Å². The molecule has 0 unspecified atom stereocenters. The third-order valence-electron chi connectivity index (χ3n) is 3.55. The quantitative estimate of drug-likeness (QED) is 0.636. The Kier molecular flexibility index (Phi) is 2.79. The molecule has 0 spiro atoms. The second-order valence-corrected chi connectivity index (χ2v) is 4.91. The van der Waals surface area contributed by atoms with Crippen LogP contribution in [-0.2, 0) is 11.2 Å². The van der Waals surface area contributed by atoms with Crippen molar-refractivity contribution < 1.29 is 9.59 Å². The van der Waals surface area contributed by atoms with E-state index >= 15 is 0 Å². The summed E-state index contributed by atoms with van der Waals surface area (Å²) in [7, 11) is 0. The Morgan fingerprint density at radius 2 is 1.85 bits per heavy atom. The molecule has 2 aromatic carbocycles. The van der Waals surface area contributed by atoms with Gasteiger partial charge in [-0.25, -0.2) is 4.90 Å². The van der Waals surface area contributed by atoms with Crippen molar-refractivity contribution in [1.82, 2.24) is 0 Å². The van der Waals surface area contributed by atoms with Crippen LogP contribution in [0.25, 0.3) is 0 Å². The number of carbonyl (C=O) groups is 2. The number of nitrogen functional groups attached to an aromatic ring is 1. The predicted molar refractivity (Wildman–Crippen MR) is 77.6 cm³/mol. The van der Waals surface area contributed by atoms with Crippen LogP contribution in [-0.4, -0.2) is 11.8 Å². The number of hydrogen-bond acceptors (Lipinski definition) is 3. The first kappa shape index (κ1) is 12.4. The van der Waals surface area contributed by atoms with Gasteiger partial charge in [0.25, 0.3) is 5.91 Å². The van der Waals surface area contributed by atoms with E-state index in [2.05, 4.69) is 0 Å². The van der Waals surface area contributed by atoms with Crippen molar-refractivity contribution in [2.45, 2.75) is 13.3 Å². The van der Waals surface area contributed by atoms with E-state index in [4.69, 9.17) is 5.73 Å². The van der Waals surface area contributed by atoms with E-state index in [-0.39, 0.29) is 18.2 Å². The molecule has 2 N–H and O–H groups in total. The van der Waals surface area contributed by atoms with Crippen molar-refractivity contribution in [3.8, 4) is 0 Å². The Labute approximate surface area is 116 Å². The molecular formula is C16H14N2O2. The van der Waals surface area contributed by atoms with Gasteiger partial charge in [0.2, 0.25) is 5.91 Å². The first-order chi connectivity index (χ1) is 9.58. The highest BCUT2D eigenvalue weighted by molar-refractivity contribution is 6.24.